The van der Waals surface area contributed by atoms with Crippen LogP contribution in [0.4, 0.5) is 23.1 Å². The lowest BCUT2D eigenvalue weighted by molar-refractivity contribution is -0.149. The lowest BCUT2D eigenvalue weighted by Gasteiger charge is -2.38. The van der Waals surface area contributed by atoms with Crippen LogP contribution in [0.1, 0.15) is 30.1 Å². The second kappa shape index (κ2) is 8.44. The van der Waals surface area contributed by atoms with Crippen molar-refractivity contribution in [2.75, 3.05) is 48.9 Å². The lowest BCUT2D eigenvalue weighted by Crippen LogP contribution is -2.45. The van der Waals surface area contributed by atoms with Crippen LogP contribution in [0.25, 0.3) is 0 Å². The summed E-state index contributed by atoms with van der Waals surface area (Å²) < 4.78 is 17.3. The first kappa shape index (κ1) is 20.8. The summed E-state index contributed by atoms with van der Waals surface area (Å²) in [7, 11) is 0. The molecule has 1 saturated heterocycles. The SMILES string of the molecule is CC1(CO[C@H]2CNc3cc(Nc4ncc(C(N)=O)c(NC5CC5)n4)ccc3OC2)COC1. The monoisotopic (exact) mass is 440 g/mol. The van der Waals surface area contributed by atoms with Crippen LogP contribution in [0.15, 0.2) is 24.4 Å². The smallest absolute Gasteiger partial charge is 0.254 e. The summed E-state index contributed by atoms with van der Waals surface area (Å²) in [5.74, 6) is 1.05. The molecule has 5 N–H and O–H groups in total. The van der Waals surface area contributed by atoms with E-state index in [2.05, 4.69) is 32.8 Å². The molecule has 3 heterocycles. The number of ether oxygens (including phenoxy) is 3. The predicted molar refractivity (Wildman–Crippen MR) is 120 cm³/mol. The van der Waals surface area contributed by atoms with Gasteiger partial charge in [0.15, 0.2) is 0 Å². The molecular weight excluding hydrogens is 412 g/mol. The van der Waals surface area contributed by atoms with Crippen LogP contribution in [0.2, 0.25) is 0 Å². The fraction of sp³-hybridized carbons (Fsp3) is 0.500. The Hall–Kier alpha value is -3.11. The Morgan fingerprint density at radius 3 is 2.94 bits per heavy atom. The Labute approximate surface area is 186 Å². The highest BCUT2D eigenvalue weighted by atomic mass is 16.5. The molecule has 1 aromatic heterocycles. The van der Waals surface area contributed by atoms with Crippen molar-refractivity contribution in [1.82, 2.24) is 9.97 Å². The molecule has 2 fully saturated rings. The van der Waals surface area contributed by atoms with Gasteiger partial charge in [-0.25, -0.2) is 4.98 Å². The number of amides is 1. The van der Waals surface area contributed by atoms with Gasteiger partial charge in [-0.1, -0.05) is 6.92 Å². The van der Waals surface area contributed by atoms with Gasteiger partial charge in [0.05, 0.1) is 31.1 Å². The largest absolute Gasteiger partial charge is 0.489 e. The van der Waals surface area contributed by atoms with E-state index >= 15 is 0 Å². The Morgan fingerprint density at radius 2 is 2.22 bits per heavy atom. The highest BCUT2D eigenvalue weighted by Crippen LogP contribution is 2.32. The van der Waals surface area contributed by atoms with Crippen molar-refractivity contribution in [3.05, 3.63) is 30.0 Å². The van der Waals surface area contributed by atoms with Gasteiger partial charge in [-0.15, -0.1) is 0 Å². The van der Waals surface area contributed by atoms with Gasteiger partial charge in [0.1, 0.15) is 24.3 Å². The van der Waals surface area contributed by atoms with Crippen molar-refractivity contribution in [2.45, 2.75) is 31.9 Å². The summed E-state index contributed by atoms with van der Waals surface area (Å²) in [4.78, 5) is 20.4. The molecule has 1 amide bonds. The van der Waals surface area contributed by atoms with Gasteiger partial charge < -0.3 is 35.9 Å². The number of anilines is 4. The minimum absolute atomic E-state index is 0.0445. The molecule has 32 heavy (non-hydrogen) atoms. The Balaban J connectivity index is 1.24. The number of carbonyl (C=O) groups excluding carboxylic acids is 1. The number of primary amides is 1. The number of nitrogens with one attached hydrogen (secondary N) is 3. The first-order chi connectivity index (χ1) is 15.5. The predicted octanol–water partition coefficient (Wildman–Crippen LogP) is 2.12. The van der Waals surface area contributed by atoms with Crippen LogP contribution < -0.4 is 26.4 Å². The average Bonchev–Trinajstić information content (AvgIpc) is 3.58. The van der Waals surface area contributed by atoms with Gasteiger partial charge in [-0.05, 0) is 31.0 Å². The summed E-state index contributed by atoms with van der Waals surface area (Å²) in [6, 6.07) is 6.07. The third kappa shape index (κ3) is 4.71. The molecule has 2 aromatic rings. The van der Waals surface area contributed by atoms with Gasteiger partial charge >= 0.3 is 0 Å². The summed E-state index contributed by atoms with van der Waals surface area (Å²) in [5, 5.41) is 9.84. The molecular formula is C22H28N6O4. The van der Waals surface area contributed by atoms with Crippen LogP contribution in [0.5, 0.6) is 5.75 Å². The molecule has 2 aliphatic heterocycles. The molecule has 10 heteroatoms. The lowest BCUT2D eigenvalue weighted by atomic mass is 9.90. The number of aromatic nitrogens is 2. The molecule has 10 nitrogen and oxygen atoms in total. The summed E-state index contributed by atoms with van der Waals surface area (Å²) >= 11 is 0. The van der Waals surface area contributed by atoms with Gasteiger partial charge in [0.2, 0.25) is 5.95 Å². The minimum Gasteiger partial charge on any atom is -0.489 e. The van der Waals surface area contributed by atoms with E-state index in [1.54, 1.807) is 0 Å². The number of hydrogen-bond acceptors (Lipinski definition) is 9. The second-order valence-electron chi connectivity index (χ2n) is 9.00. The topological polar surface area (TPSA) is 133 Å². The van der Waals surface area contributed by atoms with E-state index < -0.39 is 5.91 Å². The number of nitrogens with zero attached hydrogens (tertiary/aromatic N) is 2. The molecule has 5 rings (SSSR count). The molecule has 3 aliphatic rings. The second-order valence-corrected chi connectivity index (χ2v) is 9.00. The Kier molecular flexibility index (Phi) is 5.48. The van der Waals surface area contributed by atoms with E-state index in [0.29, 0.717) is 37.6 Å². The highest BCUT2D eigenvalue weighted by molar-refractivity contribution is 5.97. The number of carbonyl (C=O) groups is 1. The fourth-order valence-electron chi connectivity index (χ4n) is 3.58. The third-order valence-corrected chi connectivity index (χ3v) is 5.72. The molecule has 1 atom stereocenters. The fourth-order valence-corrected chi connectivity index (χ4v) is 3.58. The maximum atomic E-state index is 11.7. The molecule has 1 saturated carbocycles. The van der Waals surface area contributed by atoms with Crippen molar-refractivity contribution in [3.63, 3.8) is 0 Å². The zero-order valence-electron chi connectivity index (χ0n) is 18.0. The average molecular weight is 441 g/mol. The number of benzene rings is 1. The van der Waals surface area contributed by atoms with E-state index in [0.717, 1.165) is 43.2 Å². The number of hydrogen-bond donors (Lipinski definition) is 4. The van der Waals surface area contributed by atoms with Crippen molar-refractivity contribution >= 4 is 29.0 Å². The van der Waals surface area contributed by atoms with Crippen LogP contribution >= 0.6 is 0 Å². The number of fused-ring (bicyclic) bond motifs is 1. The van der Waals surface area contributed by atoms with Crippen molar-refractivity contribution in [2.24, 2.45) is 11.1 Å². The maximum absolute atomic E-state index is 11.7. The maximum Gasteiger partial charge on any atom is 0.254 e. The quantitative estimate of drug-likeness (QED) is 0.487. The normalized spacial score (nSPS) is 21.2. The first-order valence-corrected chi connectivity index (χ1v) is 10.9. The van der Waals surface area contributed by atoms with E-state index in [9.17, 15) is 4.79 Å². The van der Waals surface area contributed by atoms with Crippen molar-refractivity contribution < 1.29 is 19.0 Å². The first-order valence-electron chi connectivity index (χ1n) is 10.9. The van der Waals surface area contributed by atoms with Gasteiger partial charge in [0.25, 0.3) is 5.91 Å². The third-order valence-electron chi connectivity index (χ3n) is 5.72. The molecule has 0 spiro atoms. The van der Waals surface area contributed by atoms with E-state index in [1.807, 2.05) is 18.2 Å². The highest BCUT2D eigenvalue weighted by Gasteiger charge is 2.34. The zero-order valence-corrected chi connectivity index (χ0v) is 18.0. The molecule has 1 aliphatic carbocycles. The Bertz CT molecular complexity index is 1010. The Morgan fingerprint density at radius 1 is 1.38 bits per heavy atom. The standard InChI is InChI=1S/C22H28N6O4/c1-22(10-30-11-22)12-32-15-7-24-17-6-14(4-5-18(17)31-9-15)27-21-25-8-16(19(23)29)20(28-21)26-13-2-3-13/h4-6,8,13,15,24H,2-3,7,9-12H2,1H3,(H2,23,29)(H2,25,26,27,28)/t15-/m0/s1. The van der Waals surface area contributed by atoms with Gasteiger partial charge in [-0.3, -0.25) is 4.79 Å². The molecule has 0 radical (unpaired) electrons. The van der Waals surface area contributed by atoms with Gasteiger partial charge in [-0.2, -0.15) is 4.98 Å². The van der Waals surface area contributed by atoms with Crippen molar-refractivity contribution in [1.29, 1.82) is 0 Å². The van der Waals surface area contributed by atoms with E-state index in [-0.39, 0.29) is 17.1 Å². The number of rotatable bonds is 8. The van der Waals surface area contributed by atoms with Crippen LogP contribution in [-0.4, -0.2) is 61.0 Å². The van der Waals surface area contributed by atoms with Crippen LogP contribution in [0.3, 0.4) is 0 Å². The summed E-state index contributed by atoms with van der Waals surface area (Å²) in [6.45, 7) is 5.43. The summed E-state index contributed by atoms with van der Waals surface area (Å²) in [6.07, 6.45) is 3.51. The molecule has 170 valence electrons. The molecule has 0 bridgehead atoms. The zero-order chi connectivity index (χ0) is 22.1. The van der Waals surface area contributed by atoms with E-state index in [1.165, 1.54) is 6.20 Å². The minimum atomic E-state index is -0.554. The molecule has 1 aromatic carbocycles. The summed E-state index contributed by atoms with van der Waals surface area (Å²) in [5.41, 5.74) is 7.50. The molecule has 0 unspecified atom stereocenters. The van der Waals surface area contributed by atoms with Crippen molar-refractivity contribution in [3.8, 4) is 5.75 Å². The van der Waals surface area contributed by atoms with E-state index in [4.69, 9.17) is 19.9 Å². The van der Waals surface area contributed by atoms with Crippen LogP contribution in [0, 0.1) is 5.41 Å². The number of nitrogens with two attached hydrogens (primary N) is 1. The van der Waals surface area contributed by atoms with Gasteiger partial charge in [0, 0.05) is 29.9 Å². The van der Waals surface area contributed by atoms with Crippen LogP contribution in [-0.2, 0) is 9.47 Å².